The van der Waals surface area contributed by atoms with Crippen LogP contribution in [-0.2, 0) is 10.8 Å². The lowest BCUT2D eigenvalue weighted by atomic mass is 10.1. The van der Waals surface area contributed by atoms with Crippen molar-refractivity contribution >= 4 is 10.8 Å². The first kappa shape index (κ1) is 13.1. The van der Waals surface area contributed by atoms with Crippen molar-refractivity contribution in [2.24, 2.45) is 17.6 Å². The van der Waals surface area contributed by atoms with Gasteiger partial charge in [0.15, 0.2) is 0 Å². The first-order valence-corrected chi connectivity index (χ1v) is 6.56. The van der Waals surface area contributed by atoms with Gasteiger partial charge in [0.2, 0.25) is 0 Å². The normalized spacial score (nSPS) is 18.6. The van der Waals surface area contributed by atoms with E-state index in [1.54, 1.807) is 0 Å². The van der Waals surface area contributed by atoms with Crippen LogP contribution in [0.4, 0.5) is 0 Å². The van der Waals surface area contributed by atoms with Crippen molar-refractivity contribution in [3.05, 3.63) is 0 Å². The molecule has 2 nitrogen and oxygen atoms in total. The van der Waals surface area contributed by atoms with E-state index in [4.69, 9.17) is 5.73 Å². The Balaban J connectivity index is 3.74. The summed E-state index contributed by atoms with van der Waals surface area (Å²) in [6.45, 7) is 8.42. The van der Waals surface area contributed by atoms with Gasteiger partial charge in [0.05, 0.1) is 0 Å². The van der Waals surface area contributed by atoms with Crippen LogP contribution in [0.2, 0.25) is 0 Å². The Kier molecular flexibility index (Phi) is 6.60. The maximum atomic E-state index is 11.6. The van der Waals surface area contributed by atoms with Gasteiger partial charge in [-0.25, -0.2) is 0 Å². The largest absolute Gasteiger partial charge is 0.327 e. The summed E-state index contributed by atoms with van der Waals surface area (Å²) in [5.74, 6) is 2.44. The Morgan fingerprint density at radius 2 is 1.77 bits per heavy atom. The number of rotatable bonds is 6. The lowest BCUT2D eigenvalue weighted by Crippen LogP contribution is -2.33. The molecule has 0 aromatic heterocycles. The van der Waals surface area contributed by atoms with Crippen LogP contribution in [0, 0.1) is 11.8 Å². The van der Waals surface area contributed by atoms with Gasteiger partial charge in [-0.05, 0) is 11.8 Å². The molecule has 3 unspecified atom stereocenters. The minimum atomic E-state index is -0.726. The fourth-order valence-corrected chi connectivity index (χ4v) is 2.73. The molecular weight excluding hydrogens is 182 g/mol. The number of hydrogen-bond donors (Lipinski definition) is 1. The second kappa shape index (κ2) is 6.55. The molecule has 0 saturated heterocycles. The molecule has 3 heteroatoms. The van der Waals surface area contributed by atoms with Crippen molar-refractivity contribution < 1.29 is 4.21 Å². The molecule has 0 fully saturated rings. The highest BCUT2D eigenvalue weighted by molar-refractivity contribution is 7.85. The van der Waals surface area contributed by atoms with E-state index in [1.165, 1.54) is 0 Å². The Morgan fingerprint density at radius 1 is 1.23 bits per heavy atom. The van der Waals surface area contributed by atoms with Crippen LogP contribution in [-0.4, -0.2) is 21.8 Å². The zero-order valence-corrected chi connectivity index (χ0v) is 10.1. The molecule has 3 atom stereocenters. The molecule has 0 rings (SSSR count). The molecule has 80 valence electrons. The summed E-state index contributed by atoms with van der Waals surface area (Å²) in [6, 6.07) is 0.0879. The SMILES string of the molecule is CCC(C)CS(=O)CC(N)C(C)C. The maximum absolute atomic E-state index is 11.6. The quantitative estimate of drug-likeness (QED) is 0.718. The van der Waals surface area contributed by atoms with E-state index < -0.39 is 10.8 Å². The third-order valence-electron chi connectivity index (χ3n) is 2.40. The highest BCUT2D eigenvalue weighted by Gasteiger charge is 2.13. The topological polar surface area (TPSA) is 43.1 Å². The zero-order valence-electron chi connectivity index (χ0n) is 9.25. The molecule has 0 amide bonds. The van der Waals surface area contributed by atoms with Crippen LogP contribution in [0.5, 0.6) is 0 Å². The van der Waals surface area contributed by atoms with Crippen molar-refractivity contribution in [1.29, 1.82) is 0 Å². The van der Waals surface area contributed by atoms with Crippen molar-refractivity contribution in [2.45, 2.75) is 40.2 Å². The average molecular weight is 205 g/mol. The monoisotopic (exact) mass is 205 g/mol. The molecule has 0 aromatic rings. The molecule has 2 N–H and O–H groups in total. The third-order valence-corrected chi connectivity index (χ3v) is 4.10. The minimum Gasteiger partial charge on any atom is -0.327 e. The summed E-state index contributed by atoms with van der Waals surface area (Å²) < 4.78 is 11.6. The van der Waals surface area contributed by atoms with E-state index in [1.807, 2.05) is 0 Å². The van der Waals surface area contributed by atoms with Gasteiger partial charge in [0.25, 0.3) is 0 Å². The summed E-state index contributed by atoms with van der Waals surface area (Å²) in [7, 11) is -0.726. The van der Waals surface area contributed by atoms with Crippen LogP contribution in [0.25, 0.3) is 0 Å². The van der Waals surface area contributed by atoms with Gasteiger partial charge in [-0.1, -0.05) is 34.1 Å². The van der Waals surface area contributed by atoms with E-state index in [-0.39, 0.29) is 6.04 Å². The van der Waals surface area contributed by atoms with Gasteiger partial charge in [-0.15, -0.1) is 0 Å². The Morgan fingerprint density at radius 3 is 2.15 bits per heavy atom. The molecule has 0 aliphatic heterocycles. The molecule has 0 aliphatic rings. The molecule has 0 aromatic carbocycles. The summed E-state index contributed by atoms with van der Waals surface area (Å²) in [4.78, 5) is 0. The molecule has 0 saturated carbocycles. The van der Waals surface area contributed by atoms with Crippen LogP contribution < -0.4 is 5.73 Å². The summed E-state index contributed by atoms with van der Waals surface area (Å²) in [6.07, 6.45) is 1.10. The van der Waals surface area contributed by atoms with Gasteiger partial charge in [0.1, 0.15) is 0 Å². The smallest absolute Gasteiger partial charge is 0.0389 e. The van der Waals surface area contributed by atoms with Crippen molar-refractivity contribution in [2.75, 3.05) is 11.5 Å². The summed E-state index contributed by atoms with van der Waals surface area (Å²) in [5, 5.41) is 0. The Bertz CT molecular complexity index is 159. The fourth-order valence-electron chi connectivity index (χ4n) is 0.910. The Hall–Kier alpha value is 0.110. The third kappa shape index (κ3) is 6.22. The van der Waals surface area contributed by atoms with E-state index in [2.05, 4.69) is 27.7 Å². The van der Waals surface area contributed by atoms with Crippen molar-refractivity contribution in [3.8, 4) is 0 Å². The maximum Gasteiger partial charge on any atom is 0.0389 e. The van der Waals surface area contributed by atoms with E-state index in [9.17, 15) is 4.21 Å². The first-order chi connectivity index (χ1) is 5.97. The highest BCUT2D eigenvalue weighted by Crippen LogP contribution is 2.06. The summed E-state index contributed by atoms with van der Waals surface area (Å²) in [5.41, 5.74) is 5.84. The van der Waals surface area contributed by atoms with Crippen LogP contribution in [0.3, 0.4) is 0 Å². The fraction of sp³-hybridized carbons (Fsp3) is 1.00. The number of nitrogens with two attached hydrogens (primary N) is 1. The average Bonchev–Trinajstić information content (AvgIpc) is 2.03. The standard InChI is InChI=1S/C10H23NOS/c1-5-9(4)6-13(12)7-10(11)8(2)3/h8-10H,5-7,11H2,1-4H3. The van der Waals surface area contributed by atoms with Crippen molar-refractivity contribution in [3.63, 3.8) is 0 Å². The predicted octanol–water partition coefficient (Wildman–Crippen LogP) is 1.76. The molecule has 0 spiro atoms. The molecular formula is C10H23NOS. The second-order valence-electron chi connectivity index (χ2n) is 4.19. The first-order valence-electron chi connectivity index (χ1n) is 5.07. The lowest BCUT2D eigenvalue weighted by Gasteiger charge is -2.16. The summed E-state index contributed by atoms with van der Waals surface area (Å²) >= 11 is 0. The number of hydrogen-bond acceptors (Lipinski definition) is 2. The van der Waals surface area contributed by atoms with Gasteiger partial charge >= 0.3 is 0 Å². The predicted molar refractivity (Wildman–Crippen MR) is 60.1 cm³/mol. The molecule has 0 radical (unpaired) electrons. The van der Waals surface area contributed by atoms with Gasteiger partial charge in [-0.2, -0.15) is 0 Å². The zero-order chi connectivity index (χ0) is 10.4. The van der Waals surface area contributed by atoms with Crippen LogP contribution in [0.15, 0.2) is 0 Å². The van der Waals surface area contributed by atoms with E-state index in [0.717, 1.165) is 12.2 Å². The molecule has 0 bridgehead atoms. The van der Waals surface area contributed by atoms with E-state index in [0.29, 0.717) is 17.6 Å². The molecule has 0 aliphatic carbocycles. The van der Waals surface area contributed by atoms with Crippen molar-refractivity contribution in [1.82, 2.24) is 0 Å². The molecule has 0 heterocycles. The van der Waals surface area contributed by atoms with Gasteiger partial charge < -0.3 is 5.73 Å². The van der Waals surface area contributed by atoms with E-state index >= 15 is 0 Å². The van der Waals surface area contributed by atoms with Gasteiger partial charge in [0, 0.05) is 28.3 Å². The van der Waals surface area contributed by atoms with Gasteiger partial charge in [-0.3, -0.25) is 4.21 Å². The Labute approximate surface area is 84.7 Å². The highest BCUT2D eigenvalue weighted by atomic mass is 32.2. The lowest BCUT2D eigenvalue weighted by molar-refractivity contribution is 0.527. The van der Waals surface area contributed by atoms with Crippen LogP contribution >= 0.6 is 0 Å². The molecule has 13 heavy (non-hydrogen) atoms. The second-order valence-corrected chi connectivity index (χ2v) is 5.74. The van der Waals surface area contributed by atoms with Crippen LogP contribution in [0.1, 0.15) is 34.1 Å². The minimum absolute atomic E-state index is 0.0879.